The molecule has 1 aromatic carbocycles. The van der Waals surface area contributed by atoms with Gasteiger partial charge in [-0.3, -0.25) is 19.7 Å². The second-order valence-electron chi connectivity index (χ2n) is 5.89. The molecular weight excluding hydrogens is 394 g/mol. The van der Waals surface area contributed by atoms with Crippen molar-refractivity contribution in [3.8, 4) is 0 Å². The summed E-state index contributed by atoms with van der Waals surface area (Å²) < 4.78 is 10.0. The van der Waals surface area contributed by atoms with E-state index in [2.05, 4.69) is 15.8 Å². The summed E-state index contributed by atoms with van der Waals surface area (Å²) in [7, 11) is 0. The van der Waals surface area contributed by atoms with Gasteiger partial charge in [-0.05, 0) is 32.0 Å². The number of aromatic nitrogens is 1. The summed E-state index contributed by atoms with van der Waals surface area (Å²) in [4.78, 5) is 37.2. The second kappa shape index (κ2) is 8.01. The summed E-state index contributed by atoms with van der Waals surface area (Å²) in [6.45, 7) is 3.14. The van der Waals surface area contributed by atoms with Crippen molar-refractivity contribution in [1.29, 1.82) is 0 Å². The van der Waals surface area contributed by atoms with Crippen LogP contribution < -0.4 is 10.6 Å². The van der Waals surface area contributed by atoms with Crippen LogP contribution in [0.2, 0.25) is 5.02 Å². The summed E-state index contributed by atoms with van der Waals surface area (Å²) in [5, 5.41) is 8.67. The molecule has 27 heavy (non-hydrogen) atoms. The number of carbonyl (C=O) groups is 3. The molecule has 3 rings (SSSR count). The first-order chi connectivity index (χ1) is 12.8. The Kier molecular flexibility index (Phi) is 5.71. The maximum atomic E-state index is 12.2. The maximum Gasteiger partial charge on any atom is 0.308 e. The van der Waals surface area contributed by atoms with E-state index in [0.717, 1.165) is 4.90 Å². The summed E-state index contributed by atoms with van der Waals surface area (Å²) in [5.41, 5.74) is 1.22. The largest absolute Gasteiger partial charge is 0.452 e. The number of benzene rings is 1. The van der Waals surface area contributed by atoms with E-state index in [0.29, 0.717) is 16.4 Å². The zero-order chi connectivity index (χ0) is 19.6. The van der Waals surface area contributed by atoms with Gasteiger partial charge in [-0.1, -0.05) is 16.8 Å². The third kappa shape index (κ3) is 4.81. The average Bonchev–Trinajstić information content (AvgIpc) is 3.00. The van der Waals surface area contributed by atoms with Gasteiger partial charge in [-0.25, -0.2) is 0 Å². The first kappa shape index (κ1) is 19.2. The van der Waals surface area contributed by atoms with E-state index in [9.17, 15) is 14.4 Å². The number of hydrogen-bond acceptors (Lipinski definition) is 7. The number of ether oxygens (including phenoxy) is 1. The zero-order valence-electron chi connectivity index (χ0n) is 14.4. The number of nitrogens with zero attached hydrogens (tertiary/aromatic N) is 1. The third-order valence-corrected chi connectivity index (χ3v) is 5.18. The number of nitrogens with one attached hydrogen (secondary N) is 2. The third-order valence-electron chi connectivity index (χ3n) is 3.67. The molecule has 2 amide bonds. The molecule has 2 aromatic rings. The van der Waals surface area contributed by atoms with Crippen LogP contribution in [0, 0.1) is 6.92 Å². The van der Waals surface area contributed by atoms with Crippen LogP contribution in [0.4, 0.5) is 11.6 Å². The number of carbonyl (C=O) groups excluding carboxylic acids is 3. The number of anilines is 2. The molecular formula is C17H16ClN3O5S. The number of esters is 1. The fourth-order valence-electron chi connectivity index (χ4n) is 2.35. The van der Waals surface area contributed by atoms with Crippen molar-refractivity contribution in [2.75, 3.05) is 10.6 Å². The number of rotatable bonds is 5. The van der Waals surface area contributed by atoms with Crippen LogP contribution in [-0.4, -0.2) is 34.3 Å². The Morgan fingerprint density at radius 3 is 2.93 bits per heavy atom. The van der Waals surface area contributed by atoms with Crippen molar-refractivity contribution in [2.45, 2.75) is 36.5 Å². The maximum absolute atomic E-state index is 12.2. The van der Waals surface area contributed by atoms with Gasteiger partial charge >= 0.3 is 5.97 Å². The number of hydrogen-bond donors (Lipinski definition) is 2. The lowest BCUT2D eigenvalue weighted by Crippen LogP contribution is -2.34. The number of thioether (sulfide) groups is 1. The monoisotopic (exact) mass is 409 g/mol. The molecule has 1 aliphatic rings. The van der Waals surface area contributed by atoms with Crippen molar-refractivity contribution < 1.29 is 23.6 Å². The number of fused-ring (bicyclic) bond motifs is 1. The Morgan fingerprint density at radius 1 is 1.44 bits per heavy atom. The van der Waals surface area contributed by atoms with Gasteiger partial charge in [0, 0.05) is 16.0 Å². The summed E-state index contributed by atoms with van der Waals surface area (Å²) >= 11 is 7.16. The number of amides is 2. The zero-order valence-corrected chi connectivity index (χ0v) is 16.0. The lowest BCUT2D eigenvalue weighted by molar-refractivity contribution is -0.153. The topological polar surface area (TPSA) is 111 Å². The van der Waals surface area contributed by atoms with Gasteiger partial charge in [0.1, 0.15) is 0 Å². The number of halogens is 1. The highest BCUT2D eigenvalue weighted by molar-refractivity contribution is 8.01. The second-order valence-corrected chi connectivity index (χ2v) is 7.58. The highest BCUT2D eigenvalue weighted by Crippen LogP contribution is 2.38. The molecule has 0 spiro atoms. The minimum Gasteiger partial charge on any atom is -0.452 e. The normalized spacial score (nSPS) is 16.9. The SMILES string of the molecule is Cc1cc(NC(=O)[C@H](C)OC(=O)C[C@H]2Sc3ccc(Cl)cc3NC2=O)on1. The van der Waals surface area contributed by atoms with Crippen molar-refractivity contribution >= 4 is 52.7 Å². The summed E-state index contributed by atoms with van der Waals surface area (Å²) in [6, 6.07) is 6.67. The lowest BCUT2D eigenvalue weighted by atomic mass is 10.2. The van der Waals surface area contributed by atoms with Crippen LogP contribution in [0.1, 0.15) is 19.0 Å². The van der Waals surface area contributed by atoms with E-state index in [1.54, 1.807) is 31.2 Å². The molecule has 10 heteroatoms. The lowest BCUT2D eigenvalue weighted by Gasteiger charge is -2.24. The van der Waals surface area contributed by atoms with Crippen LogP contribution in [0.3, 0.4) is 0 Å². The molecule has 0 bridgehead atoms. The number of aryl methyl sites for hydroxylation is 1. The van der Waals surface area contributed by atoms with Crippen molar-refractivity contribution in [3.05, 3.63) is 35.0 Å². The van der Waals surface area contributed by atoms with Crippen molar-refractivity contribution in [3.63, 3.8) is 0 Å². The van der Waals surface area contributed by atoms with Gasteiger partial charge < -0.3 is 14.6 Å². The van der Waals surface area contributed by atoms with Crippen LogP contribution in [0.25, 0.3) is 0 Å². The van der Waals surface area contributed by atoms with Gasteiger partial charge in [0.25, 0.3) is 5.91 Å². The van der Waals surface area contributed by atoms with Gasteiger partial charge in [0.2, 0.25) is 11.8 Å². The summed E-state index contributed by atoms with van der Waals surface area (Å²) in [6.07, 6.45) is -1.22. The van der Waals surface area contributed by atoms with Crippen LogP contribution >= 0.6 is 23.4 Å². The van der Waals surface area contributed by atoms with E-state index in [4.69, 9.17) is 20.9 Å². The fourth-order valence-corrected chi connectivity index (χ4v) is 3.60. The molecule has 0 aliphatic carbocycles. The Hall–Kier alpha value is -2.52. The van der Waals surface area contributed by atoms with Gasteiger partial charge in [-0.2, -0.15) is 0 Å². The van der Waals surface area contributed by atoms with Crippen LogP contribution in [0.15, 0.2) is 33.7 Å². The van der Waals surface area contributed by atoms with Crippen LogP contribution in [0.5, 0.6) is 0 Å². The molecule has 2 atom stereocenters. The molecule has 2 heterocycles. The van der Waals surface area contributed by atoms with Crippen LogP contribution in [-0.2, 0) is 19.1 Å². The smallest absolute Gasteiger partial charge is 0.308 e. The molecule has 2 N–H and O–H groups in total. The Balaban J connectivity index is 1.54. The van der Waals surface area contributed by atoms with Gasteiger partial charge in [0.05, 0.1) is 23.1 Å². The standard InChI is InChI=1S/C17H16ClN3O5S/c1-8-5-14(26-21-8)20-16(23)9(2)25-15(22)7-13-17(24)19-11-6-10(18)3-4-12(11)27-13/h3-6,9,13H,7H2,1-2H3,(H,19,24)(H,20,23)/t9-,13+/m0/s1. The molecule has 0 saturated carbocycles. The minimum atomic E-state index is -1.05. The fraction of sp³-hybridized carbons (Fsp3) is 0.294. The molecule has 0 saturated heterocycles. The predicted molar refractivity (Wildman–Crippen MR) is 99.8 cm³/mol. The predicted octanol–water partition coefficient (Wildman–Crippen LogP) is 3.01. The first-order valence-corrected chi connectivity index (χ1v) is 9.28. The Labute approximate surface area is 163 Å². The van der Waals surface area contributed by atoms with Gasteiger partial charge in [-0.15, -0.1) is 11.8 Å². The highest BCUT2D eigenvalue weighted by atomic mass is 35.5. The van der Waals surface area contributed by atoms with E-state index < -0.39 is 23.2 Å². The van der Waals surface area contributed by atoms with Gasteiger partial charge in [0.15, 0.2) is 6.10 Å². The van der Waals surface area contributed by atoms with E-state index in [1.807, 2.05) is 0 Å². The molecule has 0 radical (unpaired) electrons. The summed E-state index contributed by atoms with van der Waals surface area (Å²) in [5.74, 6) is -1.37. The molecule has 1 aromatic heterocycles. The average molecular weight is 410 g/mol. The van der Waals surface area contributed by atoms with E-state index in [1.165, 1.54) is 18.7 Å². The van der Waals surface area contributed by atoms with E-state index >= 15 is 0 Å². The highest BCUT2D eigenvalue weighted by Gasteiger charge is 2.31. The minimum absolute atomic E-state index is 0.165. The first-order valence-electron chi connectivity index (χ1n) is 8.02. The van der Waals surface area contributed by atoms with E-state index in [-0.39, 0.29) is 18.2 Å². The molecule has 1 aliphatic heterocycles. The van der Waals surface area contributed by atoms with Crippen molar-refractivity contribution in [2.24, 2.45) is 0 Å². The Bertz CT molecular complexity index is 900. The molecule has 142 valence electrons. The Morgan fingerprint density at radius 2 is 2.22 bits per heavy atom. The molecule has 0 unspecified atom stereocenters. The van der Waals surface area contributed by atoms with Crippen molar-refractivity contribution in [1.82, 2.24) is 5.16 Å². The molecule has 8 nitrogen and oxygen atoms in total. The quantitative estimate of drug-likeness (QED) is 0.730. The molecule has 0 fully saturated rings.